The standard InChI is InChI=1S/C44H54O8/c1-3-41(46)49-26-10-6-5-9-25-48-38-21-17-34(18-22-38)31-52-40-24-23-39(43-35-19-20-36(29-35)44(40)43)51-30-33-15-13-32(14-16-33)28-37(45)12-8-7-11-27-50-42(47)4-2/h3-4,13-18,21-24,35-37,45H,1-2,5-12,19-20,25-31H2. The predicted octanol–water partition coefficient (Wildman–Crippen LogP) is 9.07. The van der Waals surface area contributed by atoms with E-state index in [1.54, 1.807) is 0 Å². The molecule has 5 rings (SSSR count). The van der Waals surface area contributed by atoms with Crippen LogP contribution in [0.3, 0.4) is 0 Å². The zero-order valence-electron chi connectivity index (χ0n) is 30.4. The lowest BCUT2D eigenvalue weighted by atomic mass is 9.90. The van der Waals surface area contributed by atoms with Gasteiger partial charge in [-0.3, -0.25) is 0 Å². The molecule has 3 aromatic rings. The van der Waals surface area contributed by atoms with E-state index in [0.29, 0.717) is 51.3 Å². The van der Waals surface area contributed by atoms with Crippen LogP contribution in [0.2, 0.25) is 0 Å². The van der Waals surface area contributed by atoms with Crippen molar-refractivity contribution in [3.05, 3.63) is 114 Å². The van der Waals surface area contributed by atoms with E-state index in [-0.39, 0.29) is 5.97 Å². The lowest BCUT2D eigenvalue weighted by Gasteiger charge is -2.22. The number of carbonyl (C=O) groups excluding carboxylic acids is 2. The summed E-state index contributed by atoms with van der Waals surface area (Å²) in [7, 11) is 0. The number of rotatable bonds is 24. The van der Waals surface area contributed by atoms with Crippen LogP contribution in [0, 0.1) is 0 Å². The number of ether oxygens (including phenoxy) is 5. The molecule has 8 heteroatoms. The Morgan fingerprint density at radius 3 is 1.65 bits per heavy atom. The van der Waals surface area contributed by atoms with Crippen LogP contribution in [0.15, 0.2) is 86.0 Å². The number of carbonyl (C=O) groups is 2. The van der Waals surface area contributed by atoms with E-state index in [9.17, 15) is 14.7 Å². The van der Waals surface area contributed by atoms with Crippen LogP contribution in [0.5, 0.6) is 17.2 Å². The lowest BCUT2D eigenvalue weighted by molar-refractivity contribution is -0.138. The average molecular weight is 711 g/mol. The average Bonchev–Trinajstić information content (AvgIpc) is 3.80. The Morgan fingerprint density at radius 2 is 1.12 bits per heavy atom. The summed E-state index contributed by atoms with van der Waals surface area (Å²) in [6.45, 7) is 9.26. The van der Waals surface area contributed by atoms with E-state index in [4.69, 9.17) is 23.7 Å². The number of benzene rings is 3. The van der Waals surface area contributed by atoms with Crippen LogP contribution in [0.1, 0.15) is 110 Å². The fourth-order valence-electron chi connectivity index (χ4n) is 7.22. The molecule has 1 saturated carbocycles. The Kier molecular flexibility index (Phi) is 15.2. The van der Waals surface area contributed by atoms with Gasteiger partial charge in [-0.25, -0.2) is 9.59 Å². The van der Waals surface area contributed by atoms with Crippen LogP contribution >= 0.6 is 0 Å². The van der Waals surface area contributed by atoms with Gasteiger partial charge in [0.25, 0.3) is 0 Å². The van der Waals surface area contributed by atoms with Gasteiger partial charge >= 0.3 is 11.9 Å². The summed E-state index contributed by atoms with van der Waals surface area (Å²) < 4.78 is 28.8. The third-order valence-corrected chi connectivity index (χ3v) is 9.97. The monoisotopic (exact) mass is 710 g/mol. The van der Waals surface area contributed by atoms with Gasteiger partial charge in [0.1, 0.15) is 30.5 Å². The number of fused-ring (bicyclic) bond motifs is 5. The van der Waals surface area contributed by atoms with Crippen molar-refractivity contribution in [3.8, 4) is 17.2 Å². The molecule has 0 saturated heterocycles. The highest BCUT2D eigenvalue weighted by molar-refractivity contribution is 5.81. The summed E-state index contributed by atoms with van der Waals surface area (Å²) in [5.41, 5.74) is 5.95. The Morgan fingerprint density at radius 1 is 0.635 bits per heavy atom. The number of hydrogen-bond acceptors (Lipinski definition) is 8. The first-order valence-electron chi connectivity index (χ1n) is 18.9. The number of esters is 2. The van der Waals surface area contributed by atoms with Gasteiger partial charge in [0.15, 0.2) is 0 Å². The van der Waals surface area contributed by atoms with Gasteiger partial charge in [0, 0.05) is 23.3 Å². The van der Waals surface area contributed by atoms with Gasteiger partial charge in [-0.1, -0.05) is 56.0 Å². The predicted molar refractivity (Wildman–Crippen MR) is 202 cm³/mol. The minimum atomic E-state index is -0.397. The van der Waals surface area contributed by atoms with Crippen molar-refractivity contribution in [2.24, 2.45) is 0 Å². The normalized spacial score (nSPS) is 16.1. The molecular formula is C44H54O8. The molecule has 2 bridgehead atoms. The zero-order chi connectivity index (χ0) is 36.5. The quantitative estimate of drug-likeness (QED) is 0.0559. The number of aliphatic hydroxyl groups is 1. The molecular weight excluding hydrogens is 656 g/mol. The molecule has 278 valence electrons. The number of hydrogen-bond donors (Lipinski definition) is 1. The summed E-state index contributed by atoms with van der Waals surface area (Å²) in [5, 5.41) is 10.5. The van der Waals surface area contributed by atoms with Crippen molar-refractivity contribution in [1.82, 2.24) is 0 Å². The van der Waals surface area contributed by atoms with E-state index in [2.05, 4.69) is 61.7 Å². The van der Waals surface area contributed by atoms with Crippen LogP contribution in [0.25, 0.3) is 0 Å². The van der Waals surface area contributed by atoms with Gasteiger partial charge in [0.2, 0.25) is 0 Å². The molecule has 0 spiro atoms. The highest BCUT2D eigenvalue weighted by Gasteiger charge is 2.41. The highest BCUT2D eigenvalue weighted by Crippen LogP contribution is 2.58. The topological polar surface area (TPSA) is 101 Å². The molecule has 2 aliphatic rings. The molecule has 0 aromatic heterocycles. The maximum atomic E-state index is 11.1. The number of aliphatic hydroxyl groups excluding tert-OH is 1. The highest BCUT2D eigenvalue weighted by atomic mass is 16.5. The van der Waals surface area contributed by atoms with E-state index < -0.39 is 12.1 Å². The van der Waals surface area contributed by atoms with Gasteiger partial charge < -0.3 is 28.8 Å². The molecule has 0 heterocycles. The maximum Gasteiger partial charge on any atom is 0.330 e. The minimum Gasteiger partial charge on any atom is -0.494 e. The molecule has 1 N–H and O–H groups in total. The second kappa shape index (κ2) is 20.5. The fraction of sp³-hybridized carbons (Fsp3) is 0.455. The fourth-order valence-corrected chi connectivity index (χ4v) is 7.22. The van der Waals surface area contributed by atoms with Crippen LogP contribution in [-0.4, -0.2) is 43.0 Å². The molecule has 1 fully saturated rings. The maximum absolute atomic E-state index is 11.1. The summed E-state index contributed by atoms with van der Waals surface area (Å²) in [6, 6.07) is 20.6. The first kappa shape index (κ1) is 38.7. The SMILES string of the molecule is C=CC(=O)OCCCCCCOc1ccc(COc2ccc(OCc3ccc(CC(O)CCCCCOC(=O)C=C)cc3)c3c2C2CCC3C2)cc1. The van der Waals surface area contributed by atoms with E-state index in [1.807, 2.05) is 12.1 Å². The van der Waals surface area contributed by atoms with Crippen molar-refractivity contribution in [1.29, 1.82) is 0 Å². The number of unbranched alkanes of at least 4 members (excludes halogenated alkanes) is 5. The molecule has 3 aromatic carbocycles. The second-order valence-electron chi connectivity index (χ2n) is 13.8. The Balaban J connectivity index is 1.04. The molecule has 2 aliphatic carbocycles. The Bertz CT molecular complexity index is 1600. The van der Waals surface area contributed by atoms with Gasteiger partial charge in [0.05, 0.1) is 25.9 Å². The molecule has 0 radical (unpaired) electrons. The van der Waals surface area contributed by atoms with Crippen molar-refractivity contribution < 1.29 is 38.4 Å². The summed E-state index contributed by atoms with van der Waals surface area (Å²) >= 11 is 0. The van der Waals surface area contributed by atoms with Crippen molar-refractivity contribution in [2.75, 3.05) is 19.8 Å². The molecule has 0 amide bonds. The van der Waals surface area contributed by atoms with Gasteiger partial charge in [-0.2, -0.15) is 0 Å². The van der Waals surface area contributed by atoms with Gasteiger partial charge in [-0.05, 0) is 123 Å². The molecule has 3 unspecified atom stereocenters. The van der Waals surface area contributed by atoms with Crippen molar-refractivity contribution in [2.45, 2.75) is 108 Å². The van der Waals surface area contributed by atoms with E-state index in [1.165, 1.54) is 42.5 Å². The first-order chi connectivity index (χ1) is 25.4. The summed E-state index contributed by atoms with van der Waals surface area (Å²) in [4.78, 5) is 22.2. The Hall–Kier alpha value is -4.56. The smallest absolute Gasteiger partial charge is 0.330 e. The van der Waals surface area contributed by atoms with Crippen LogP contribution < -0.4 is 14.2 Å². The Labute approximate surface area is 308 Å². The lowest BCUT2D eigenvalue weighted by Crippen LogP contribution is -2.10. The van der Waals surface area contributed by atoms with Crippen LogP contribution in [-0.2, 0) is 38.7 Å². The van der Waals surface area contributed by atoms with Crippen LogP contribution in [0.4, 0.5) is 0 Å². The third-order valence-electron chi connectivity index (χ3n) is 9.97. The van der Waals surface area contributed by atoms with E-state index >= 15 is 0 Å². The minimum absolute atomic E-state index is 0.367. The second-order valence-corrected chi connectivity index (χ2v) is 13.8. The van der Waals surface area contributed by atoms with Crippen molar-refractivity contribution >= 4 is 11.9 Å². The van der Waals surface area contributed by atoms with Crippen molar-refractivity contribution in [3.63, 3.8) is 0 Å². The molecule has 8 nitrogen and oxygen atoms in total. The largest absolute Gasteiger partial charge is 0.494 e. The zero-order valence-corrected chi connectivity index (χ0v) is 30.4. The molecule has 52 heavy (non-hydrogen) atoms. The summed E-state index contributed by atoms with van der Waals surface area (Å²) in [5.74, 6) is 3.07. The third kappa shape index (κ3) is 11.7. The first-order valence-corrected chi connectivity index (χ1v) is 18.9. The molecule has 0 aliphatic heterocycles. The van der Waals surface area contributed by atoms with Gasteiger partial charge in [-0.15, -0.1) is 0 Å². The van der Waals surface area contributed by atoms with E-state index in [0.717, 1.165) is 85.3 Å². The molecule has 3 atom stereocenters. The summed E-state index contributed by atoms with van der Waals surface area (Å²) in [6.07, 6.45) is 13.3.